The predicted molar refractivity (Wildman–Crippen MR) is 251 cm³/mol. The average Bonchev–Trinajstić information content (AvgIpc) is 3.73. The van der Waals surface area contributed by atoms with Crippen molar-refractivity contribution in [2.75, 3.05) is 4.90 Å². The van der Waals surface area contributed by atoms with Gasteiger partial charge in [-0.25, -0.2) is 0 Å². The van der Waals surface area contributed by atoms with Crippen LogP contribution in [-0.2, 0) is 10.8 Å². The van der Waals surface area contributed by atoms with E-state index >= 15 is 0 Å². The van der Waals surface area contributed by atoms with E-state index in [2.05, 4.69) is 183 Å². The van der Waals surface area contributed by atoms with Gasteiger partial charge in [0.15, 0.2) is 0 Å². The minimum atomic E-state index is 0.0998. The molecule has 60 heavy (non-hydrogen) atoms. The lowest BCUT2D eigenvalue weighted by Gasteiger charge is -2.54. The van der Waals surface area contributed by atoms with Crippen LogP contribution in [0.25, 0.3) is 44.5 Å². The summed E-state index contributed by atoms with van der Waals surface area (Å²) in [6, 6.07) is 63.0. The van der Waals surface area contributed by atoms with E-state index in [4.69, 9.17) is 0 Å². The molecule has 1 unspecified atom stereocenters. The molecule has 0 aromatic heterocycles. The molecule has 0 amide bonds. The first kappa shape index (κ1) is 36.2. The highest BCUT2D eigenvalue weighted by Crippen LogP contribution is 2.65. The zero-order valence-corrected chi connectivity index (χ0v) is 35.2. The van der Waals surface area contributed by atoms with Gasteiger partial charge in [-0.1, -0.05) is 154 Å². The number of rotatable bonds is 5. The third kappa shape index (κ3) is 5.30. The molecular formula is C59H55N. The highest BCUT2D eigenvalue weighted by atomic mass is 15.1. The highest BCUT2D eigenvalue weighted by Gasteiger charge is 2.56. The van der Waals surface area contributed by atoms with Crippen molar-refractivity contribution in [3.63, 3.8) is 0 Å². The Bertz CT molecular complexity index is 2770. The first-order chi connectivity index (χ1) is 29.5. The Morgan fingerprint density at radius 2 is 1.08 bits per heavy atom. The molecule has 1 nitrogen and oxygen atoms in total. The summed E-state index contributed by atoms with van der Waals surface area (Å²) in [4.78, 5) is 2.49. The molecule has 7 aromatic rings. The van der Waals surface area contributed by atoms with Gasteiger partial charge in [-0.15, -0.1) is 0 Å². The van der Waals surface area contributed by atoms with Gasteiger partial charge in [-0.3, -0.25) is 0 Å². The summed E-state index contributed by atoms with van der Waals surface area (Å²) in [7, 11) is 0. The van der Waals surface area contributed by atoms with Gasteiger partial charge in [0.05, 0.1) is 5.69 Å². The number of hydrogen-bond acceptors (Lipinski definition) is 1. The maximum absolute atomic E-state index is 2.58. The molecule has 0 aliphatic heterocycles. The van der Waals surface area contributed by atoms with E-state index in [9.17, 15) is 0 Å². The van der Waals surface area contributed by atoms with Crippen molar-refractivity contribution in [2.24, 2.45) is 23.7 Å². The molecule has 0 saturated heterocycles. The van der Waals surface area contributed by atoms with Crippen molar-refractivity contribution in [1.29, 1.82) is 0 Å². The van der Waals surface area contributed by atoms with Crippen LogP contribution in [0, 0.1) is 23.7 Å². The van der Waals surface area contributed by atoms with Crippen LogP contribution >= 0.6 is 0 Å². The lowest BCUT2D eigenvalue weighted by atomic mass is 9.49. The maximum Gasteiger partial charge on any atom is 0.0540 e. The lowest BCUT2D eigenvalue weighted by molar-refractivity contribution is 0.0426. The Morgan fingerprint density at radius 1 is 0.433 bits per heavy atom. The largest absolute Gasteiger partial charge is 0.310 e. The van der Waals surface area contributed by atoms with Crippen molar-refractivity contribution >= 4 is 17.1 Å². The van der Waals surface area contributed by atoms with Crippen molar-refractivity contribution < 1.29 is 0 Å². The van der Waals surface area contributed by atoms with Crippen molar-refractivity contribution in [3.05, 3.63) is 186 Å². The number of fused-ring (bicyclic) bond motifs is 13. The summed E-state index contributed by atoms with van der Waals surface area (Å²) in [6.45, 7) is 5.09. The molecule has 296 valence electrons. The van der Waals surface area contributed by atoms with Crippen LogP contribution in [0.1, 0.15) is 93.9 Å². The molecule has 3 saturated carbocycles. The summed E-state index contributed by atoms with van der Waals surface area (Å²) in [6.07, 6.45) is 11.9. The first-order valence-corrected chi connectivity index (χ1v) is 23.1. The molecule has 12 rings (SSSR count). The molecule has 0 N–H and O–H groups in total. The van der Waals surface area contributed by atoms with E-state index in [0.717, 1.165) is 17.5 Å². The fourth-order valence-corrected chi connectivity index (χ4v) is 14.0. The fourth-order valence-electron chi connectivity index (χ4n) is 14.0. The predicted octanol–water partition coefficient (Wildman–Crippen LogP) is 16.1. The molecule has 2 bridgehead atoms. The van der Waals surface area contributed by atoms with E-state index in [-0.39, 0.29) is 10.8 Å². The van der Waals surface area contributed by atoms with Gasteiger partial charge >= 0.3 is 0 Å². The van der Waals surface area contributed by atoms with Crippen LogP contribution in [0.5, 0.6) is 0 Å². The van der Waals surface area contributed by atoms with Crippen molar-refractivity contribution in [3.8, 4) is 44.5 Å². The van der Waals surface area contributed by atoms with Gasteiger partial charge in [0.1, 0.15) is 0 Å². The van der Waals surface area contributed by atoms with Crippen LogP contribution in [0.4, 0.5) is 17.1 Å². The van der Waals surface area contributed by atoms with Crippen LogP contribution in [0.3, 0.4) is 0 Å². The van der Waals surface area contributed by atoms with Crippen LogP contribution in [0.15, 0.2) is 164 Å². The van der Waals surface area contributed by atoms with Gasteiger partial charge in [0.2, 0.25) is 0 Å². The molecule has 5 aliphatic rings. The minimum Gasteiger partial charge on any atom is -0.310 e. The molecule has 7 aromatic carbocycles. The van der Waals surface area contributed by atoms with Crippen LogP contribution in [-0.4, -0.2) is 0 Å². The van der Waals surface area contributed by atoms with Gasteiger partial charge in [-0.2, -0.15) is 0 Å². The SMILES string of the molecule is C[C@@H]1CC2C[C@H](C1)[C@@]1(c3ccccc3-c3cc(-c4ccccc4N(c4ccccc4)c4cccc(-c5ccc6c(c5)C5(CCCCC5)c5ccccc5-6)c4)ccc31)[C@@H](C)C2. The standard InChI is InChI=1S/C59H55N/c1-39-32-41-34-40(2)59(45(33-39)35-41)54-24-11-8-22-50(54)52-37-44(27-29-55(52)59)48-20-9-12-25-57(48)60(46-17-5-3-6-18-46)47-19-15-16-42(36-47)43-26-28-51-49-21-7-10-23-53(49)58(56(51)38-43)30-13-4-14-31-58/h3,5-12,15-29,36-41,45H,4,13-14,30-35H2,1-2H3/t39-,40+,41?,45+,59-/m1/s1. The molecule has 5 aliphatic carbocycles. The molecule has 2 spiro atoms. The molecular weight excluding hydrogens is 723 g/mol. The summed E-state index contributed by atoms with van der Waals surface area (Å²) in [5.41, 5.74) is 20.9. The van der Waals surface area contributed by atoms with Gasteiger partial charge in [0, 0.05) is 27.8 Å². The molecule has 1 heteroatoms. The molecule has 0 radical (unpaired) electrons. The minimum absolute atomic E-state index is 0.0998. The molecule has 5 atom stereocenters. The third-order valence-corrected chi connectivity index (χ3v) is 16.2. The van der Waals surface area contributed by atoms with Crippen LogP contribution < -0.4 is 4.90 Å². The monoisotopic (exact) mass is 777 g/mol. The van der Waals surface area contributed by atoms with E-state index in [1.54, 1.807) is 16.7 Å². The number of nitrogens with zero attached hydrogens (tertiary/aromatic N) is 1. The van der Waals surface area contributed by atoms with Crippen LogP contribution in [0.2, 0.25) is 0 Å². The normalized spacial score (nSPS) is 24.1. The van der Waals surface area contributed by atoms with Crippen molar-refractivity contribution in [2.45, 2.75) is 82.5 Å². The zero-order chi connectivity index (χ0) is 40.0. The van der Waals surface area contributed by atoms with E-state index in [0.29, 0.717) is 11.8 Å². The van der Waals surface area contributed by atoms with Gasteiger partial charge < -0.3 is 4.90 Å². The first-order valence-electron chi connectivity index (χ1n) is 23.1. The molecule has 0 heterocycles. The lowest BCUT2D eigenvalue weighted by Crippen LogP contribution is -2.49. The summed E-state index contributed by atoms with van der Waals surface area (Å²) >= 11 is 0. The smallest absolute Gasteiger partial charge is 0.0540 e. The number of anilines is 3. The Morgan fingerprint density at radius 3 is 1.92 bits per heavy atom. The topological polar surface area (TPSA) is 3.24 Å². The second-order valence-corrected chi connectivity index (χ2v) is 19.4. The Kier molecular flexibility index (Phi) is 8.42. The van der Waals surface area contributed by atoms with Gasteiger partial charge in [0.25, 0.3) is 0 Å². The van der Waals surface area contributed by atoms with E-state index in [1.165, 1.54) is 119 Å². The second-order valence-electron chi connectivity index (χ2n) is 19.4. The third-order valence-electron chi connectivity index (χ3n) is 16.2. The average molecular weight is 778 g/mol. The second kappa shape index (κ2) is 14.0. The summed E-state index contributed by atoms with van der Waals surface area (Å²) in [5, 5.41) is 0. The quantitative estimate of drug-likeness (QED) is 0.168. The summed E-state index contributed by atoms with van der Waals surface area (Å²) in [5.74, 6) is 3.00. The Balaban J connectivity index is 0.975. The Labute approximate surface area is 357 Å². The maximum atomic E-state index is 2.58. The highest BCUT2D eigenvalue weighted by molar-refractivity contribution is 5.92. The van der Waals surface area contributed by atoms with E-state index < -0.39 is 0 Å². The summed E-state index contributed by atoms with van der Waals surface area (Å²) < 4.78 is 0. The fraction of sp³-hybridized carbons (Fsp3) is 0.288. The molecule has 3 fully saturated rings. The number of hydrogen-bond donors (Lipinski definition) is 0. The van der Waals surface area contributed by atoms with Gasteiger partial charge in [-0.05, 0) is 166 Å². The van der Waals surface area contributed by atoms with Crippen molar-refractivity contribution in [1.82, 2.24) is 0 Å². The Hall–Kier alpha value is -5.66. The number of benzene rings is 7. The number of para-hydroxylation sites is 2. The van der Waals surface area contributed by atoms with E-state index in [1.807, 2.05) is 0 Å². The zero-order valence-electron chi connectivity index (χ0n) is 35.2.